The third-order valence-corrected chi connectivity index (χ3v) is 4.70. The highest BCUT2D eigenvalue weighted by Gasteiger charge is 2.18. The maximum atomic E-state index is 13.3. The maximum Gasteiger partial charge on any atom is 0.339 e. The Morgan fingerprint density at radius 2 is 1.52 bits per heavy atom. The number of aromatic nitrogens is 1. The lowest BCUT2D eigenvalue weighted by molar-refractivity contribution is 0.0340. The van der Waals surface area contributed by atoms with Crippen molar-refractivity contribution in [2.75, 3.05) is 0 Å². The summed E-state index contributed by atoms with van der Waals surface area (Å²) in [6.45, 7) is 1.73. The molecule has 144 valence electrons. The average Bonchev–Trinajstić information content (AvgIpc) is 2.74. The Kier molecular flexibility index (Phi) is 5.04. The summed E-state index contributed by atoms with van der Waals surface area (Å²) < 4.78 is 32.1. The van der Waals surface area contributed by atoms with Crippen molar-refractivity contribution in [1.82, 2.24) is 4.98 Å². The molecule has 0 saturated heterocycles. The molecule has 3 aromatic carbocycles. The minimum Gasteiger partial charge on any atom is -0.454 e. The first-order valence-corrected chi connectivity index (χ1v) is 9.13. The molecule has 0 N–H and O–H groups in total. The molecule has 29 heavy (non-hydrogen) atoms. The quantitative estimate of drug-likeness (QED) is 0.396. The van der Waals surface area contributed by atoms with Gasteiger partial charge in [0.15, 0.2) is 0 Å². The molecular weight excluding hydrogens is 372 g/mol. The first kappa shape index (κ1) is 18.7. The fourth-order valence-electron chi connectivity index (χ4n) is 3.14. The second kappa shape index (κ2) is 7.80. The van der Waals surface area contributed by atoms with Gasteiger partial charge in [0.2, 0.25) is 0 Å². The molecule has 0 unspecified atom stereocenters. The number of para-hydroxylation sites is 1. The van der Waals surface area contributed by atoms with E-state index in [1.54, 1.807) is 43.3 Å². The number of carbonyl (C=O) groups excluding carboxylic acids is 1. The number of carbonyl (C=O) groups is 1. The van der Waals surface area contributed by atoms with Gasteiger partial charge in [0.1, 0.15) is 17.7 Å². The highest BCUT2D eigenvalue weighted by Crippen LogP contribution is 2.27. The van der Waals surface area contributed by atoms with E-state index in [4.69, 9.17) is 4.74 Å². The van der Waals surface area contributed by atoms with Crippen LogP contribution in [0.4, 0.5) is 8.78 Å². The SMILES string of the molecule is C[C@@H](OC(=O)c1cc(-c2ccc(F)cc2)nc2ccccc12)c1ccc(F)cc1. The smallest absolute Gasteiger partial charge is 0.339 e. The van der Waals surface area contributed by atoms with E-state index in [-0.39, 0.29) is 11.6 Å². The summed E-state index contributed by atoms with van der Waals surface area (Å²) in [5, 5.41) is 0.662. The highest BCUT2D eigenvalue weighted by molar-refractivity contribution is 6.04. The number of pyridine rings is 1. The van der Waals surface area contributed by atoms with Crippen LogP contribution in [-0.2, 0) is 4.74 Å². The van der Waals surface area contributed by atoms with Gasteiger partial charge in [-0.2, -0.15) is 0 Å². The van der Waals surface area contributed by atoms with Crippen molar-refractivity contribution < 1.29 is 18.3 Å². The number of ether oxygens (including phenoxy) is 1. The van der Waals surface area contributed by atoms with Gasteiger partial charge in [0.25, 0.3) is 0 Å². The zero-order valence-electron chi connectivity index (χ0n) is 15.6. The fraction of sp³-hybridized carbons (Fsp3) is 0.0833. The van der Waals surface area contributed by atoms with Crippen molar-refractivity contribution in [3.8, 4) is 11.3 Å². The van der Waals surface area contributed by atoms with Gasteiger partial charge in [-0.1, -0.05) is 30.3 Å². The van der Waals surface area contributed by atoms with Crippen LogP contribution in [0.3, 0.4) is 0 Å². The Labute approximate surface area is 166 Å². The van der Waals surface area contributed by atoms with E-state index in [1.165, 1.54) is 24.3 Å². The summed E-state index contributed by atoms with van der Waals surface area (Å²) in [7, 11) is 0. The van der Waals surface area contributed by atoms with E-state index in [0.29, 0.717) is 33.3 Å². The van der Waals surface area contributed by atoms with Crippen LogP contribution >= 0.6 is 0 Å². The van der Waals surface area contributed by atoms with Gasteiger partial charge in [-0.3, -0.25) is 0 Å². The second-order valence-electron chi connectivity index (χ2n) is 6.68. The van der Waals surface area contributed by atoms with Gasteiger partial charge < -0.3 is 4.74 Å². The molecule has 0 radical (unpaired) electrons. The minimum absolute atomic E-state index is 0.345. The zero-order valence-corrected chi connectivity index (χ0v) is 15.6. The van der Waals surface area contributed by atoms with Gasteiger partial charge in [-0.15, -0.1) is 0 Å². The molecule has 0 aliphatic rings. The number of rotatable bonds is 4. The fourth-order valence-corrected chi connectivity index (χ4v) is 3.14. The topological polar surface area (TPSA) is 39.2 Å². The number of hydrogen-bond donors (Lipinski definition) is 0. The van der Waals surface area contributed by atoms with Gasteiger partial charge in [0, 0.05) is 10.9 Å². The van der Waals surface area contributed by atoms with Crippen LogP contribution in [0, 0.1) is 11.6 Å². The Morgan fingerprint density at radius 1 is 0.897 bits per heavy atom. The van der Waals surface area contributed by atoms with Crippen LogP contribution < -0.4 is 0 Å². The molecule has 0 fully saturated rings. The predicted molar refractivity (Wildman–Crippen MR) is 107 cm³/mol. The summed E-state index contributed by atoms with van der Waals surface area (Å²) in [5.41, 5.74) is 2.93. The molecule has 0 aliphatic carbocycles. The van der Waals surface area contributed by atoms with Crippen molar-refractivity contribution in [2.24, 2.45) is 0 Å². The third kappa shape index (κ3) is 3.99. The average molecular weight is 389 g/mol. The van der Waals surface area contributed by atoms with E-state index in [9.17, 15) is 13.6 Å². The summed E-state index contributed by atoms with van der Waals surface area (Å²) in [6, 6.07) is 20.7. The van der Waals surface area contributed by atoms with Crippen molar-refractivity contribution >= 4 is 16.9 Å². The van der Waals surface area contributed by atoms with Gasteiger partial charge in [0.05, 0.1) is 16.8 Å². The van der Waals surface area contributed by atoms with Crippen LogP contribution in [-0.4, -0.2) is 11.0 Å². The van der Waals surface area contributed by atoms with Crippen molar-refractivity contribution in [1.29, 1.82) is 0 Å². The molecule has 0 saturated carbocycles. The van der Waals surface area contributed by atoms with Crippen molar-refractivity contribution in [3.63, 3.8) is 0 Å². The van der Waals surface area contributed by atoms with Crippen molar-refractivity contribution in [2.45, 2.75) is 13.0 Å². The number of halogens is 2. The number of hydrogen-bond acceptors (Lipinski definition) is 3. The lowest BCUT2D eigenvalue weighted by atomic mass is 10.0. The number of benzene rings is 3. The molecule has 4 rings (SSSR count). The number of esters is 1. The van der Waals surface area contributed by atoms with Gasteiger partial charge >= 0.3 is 5.97 Å². The summed E-state index contributed by atoms with van der Waals surface area (Å²) in [6.07, 6.45) is -0.552. The normalized spacial score (nSPS) is 12.0. The number of nitrogens with zero attached hydrogens (tertiary/aromatic N) is 1. The molecule has 0 amide bonds. The summed E-state index contributed by atoms with van der Waals surface area (Å²) in [5.74, 6) is -1.21. The van der Waals surface area contributed by atoms with E-state index in [2.05, 4.69) is 4.98 Å². The first-order chi connectivity index (χ1) is 14.0. The van der Waals surface area contributed by atoms with Crippen LogP contribution in [0.2, 0.25) is 0 Å². The molecule has 0 spiro atoms. The molecule has 5 heteroatoms. The Hall–Kier alpha value is -3.60. The Balaban J connectivity index is 1.72. The Morgan fingerprint density at radius 3 is 2.21 bits per heavy atom. The van der Waals surface area contributed by atoms with E-state index in [0.717, 1.165) is 0 Å². The third-order valence-electron chi connectivity index (χ3n) is 4.70. The summed E-state index contributed by atoms with van der Waals surface area (Å²) in [4.78, 5) is 17.6. The highest BCUT2D eigenvalue weighted by atomic mass is 19.1. The standard InChI is InChI=1S/C24H17F2NO2/c1-15(16-6-10-18(25)11-7-16)29-24(28)21-14-23(17-8-12-19(26)13-9-17)27-22-5-3-2-4-20(21)22/h2-15H,1H3/t15-/m1/s1. The molecule has 4 aromatic rings. The van der Waals surface area contributed by atoms with Crippen LogP contribution in [0.5, 0.6) is 0 Å². The first-order valence-electron chi connectivity index (χ1n) is 9.13. The van der Waals surface area contributed by atoms with Crippen LogP contribution in [0.15, 0.2) is 78.9 Å². The predicted octanol–water partition coefficient (Wildman–Crippen LogP) is 6.10. The monoisotopic (exact) mass is 389 g/mol. The minimum atomic E-state index is -0.552. The molecule has 0 bridgehead atoms. The Bertz CT molecular complexity index is 1170. The molecule has 1 heterocycles. The lowest BCUT2D eigenvalue weighted by Crippen LogP contribution is -2.10. The number of fused-ring (bicyclic) bond motifs is 1. The van der Waals surface area contributed by atoms with E-state index in [1.807, 2.05) is 18.2 Å². The molecule has 1 aromatic heterocycles. The maximum absolute atomic E-state index is 13.3. The molecule has 1 atom stereocenters. The van der Waals surface area contributed by atoms with E-state index >= 15 is 0 Å². The van der Waals surface area contributed by atoms with Crippen LogP contribution in [0.25, 0.3) is 22.2 Å². The zero-order chi connectivity index (χ0) is 20.4. The molecule has 0 aliphatic heterocycles. The van der Waals surface area contributed by atoms with Crippen molar-refractivity contribution in [3.05, 3.63) is 102 Å². The van der Waals surface area contributed by atoms with Crippen LogP contribution in [0.1, 0.15) is 28.9 Å². The van der Waals surface area contributed by atoms with E-state index < -0.39 is 12.1 Å². The largest absolute Gasteiger partial charge is 0.454 e. The van der Waals surface area contributed by atoms with Gasteiger partial charge in [-0.25, -0.2) is 18.6 Å². The van der Waals surface area contributed by atoms with Gasteiger partial charge in [-0.05, 0) is 61.0 Å². The summed E-state index contributed by atoms with van der Waals surface area (Å²) >= 11 is 0. The molecular formula is C24H17F2NO2. The molecule has 3 nitrogen and oxygen atoms in total. The second-order valence-corrected chi connectivity index (χ2v) is 6.68. The lowest BCUT2D eigenvalue weighted by Gasteiger charge is -2.15.